The lowest BCUT2D eigenvalue weighted by atomic mass is 9.80. The number of rotatable bonds is 0. The third-order valence-corrected chi connectivity index (χ3v) is 5.76. The molecule has 2 aromatic carbocycles. The Hall–Kier alpha value is -2.01. The highest BCUT2D eigenvalue weighted by atomic mass is 35.5. The molecule has 2 aliphatic heterocycles. The maximum absolute atomic E-state index is 13.1. The summed E-state index contributed by atoms with van der Waals surface area (Å²) in [7, 11) is 0. The second-order valence-electron chi connectivity index (χ2n) is 6.78. The second-order valence-corrected chi connectivity index (χ2v) is 7.63. The van der Waals surface area contributed by atoms with Gasteiger partial charge in [0.2, 0.25) is 0 Å². The average molecular weight is 372 g/mol. The molecule has 0 radical (unpaired) electrons. The summed E-state index contributed by atoms with van der Waals surface area (Å²) in [5, 5.41) is 8.83. The summed E-state index contributed by atoms with van der Waals surface area (Å²) in [5.41, 5.74) is 3.51. The Labute approximate surface area is 154 Å². The normalized spacial score (nSPS) is 24.4. The fourth-order valence-electron chi connectivity index (χ4n) is 4.23. The summed E-state index contributed by atoms with van der Waals surface area (Å²) in [4.78, 5) is 16.5. The van der Waals surface area contributed by atoms with Crippen molar-refractivity contribution in [1.82, 2.24) is 10.3 Å². The Kier molecular flexibility index (Phi) is 3.06. The zero-order valence-electron chi connectivity index (χ0n) is 13.4. The van der Waals surface area contributed by atoms with Gasteiger partial charge in [0.1, 0.15) is 0 Å². The minimum atomic E-state index is -0.977. The summed E-state index contributed by atoms with van der Waals surface area (Å²) < 4.78 is 0. The highest BCUT2D eigenvalue weighted by Crippen LogP contribution is 2.47. The fraction of sp³-hybridized carbons (Fsp3) is 0.211. The van der Waals surface area contributed by atoms with E-state index in [4.69, 9.17) is 23.2 Å². The predicted molar refractivity (Wildman–Crippen MR) is 100 cm³/mol. The van der Waals surface area contributed by atoms with Crippen molar-refractivity contribution in [3.63, 3.8) is 0 Å². The van der Waals surface area contributed by atoms with Crippen LogP contribution in [0.4, 0.5) is 5.69 Å². The molecule has 3 heterocycles. The number of aromatic amines is 1. The van der Waals surface area contributed by atoms with Gasteiger partial charge in [-0.2, -0.15) is 0 Å². The largest absolute Gasteiger partial charge is 0.355 e. The van der Waals surface area contributed by atoms with Crippen molar-refractivity contribution in [3.8, 4) is 0 Å². The van der Waals surface area contributed by atoms with Gasteiger partial charge in [0, 0.05) is 27.7 Å². The van der Waals surface area contributed by atoms with Gasteiger partial charge in [0.05, 0.1) is 16.2 Å². The van der Waals surface area contributed by atoms with Crippen LogP contribution in [0.15, 0.2) is 36.4 Å². The number of benzene rings is 2. The third-order valence-electron chi connectivity index (χ3n) is 5.21. The number of aromatic nitrogens is 1. The van der Waals surface area contributed by atoms with Crippen LogP contribution in [0.25, 0.3) is 10.9 Å². The van der Waals surface area contributed by atoms with Crippen molar-refractivity contribution in [2.45, 2.75) is 24.9 Å². The van der Waals surface area contributed by atoms with E-state index in [9.17, 15) is 4.79 Å². The van der Waals surface area contributed by atoms with Gasteiger partial charge in [-0.15, -0.1) is 0 Å². The zero-order valence-corrected chi connectivity index (χ0v) is 14.9. The first-order valence-corrected chi connectivity index (χ1v) is 8.95. The van der Waals surface area contributed by atoms with Gasteiger partial charge in [-0.05, 0) is 43.2 Å². The molecule has 1 aromatic heterocycles. The van der Waals surface area contributed by atoms with Gasteiger partial charge in [-0.3, -0.25) is 10.1 Å². The Balaban J connectivity index is 1.89. The van der Waals surface area contributed by atoms with E-state index >= 15 is 0 Å². The number of fused-ring (bicyclic) bond motifs is 6. The molecule has 6 heteroatoms. The summed E-state index contributed by atoms with van der Waals surface area (Å²) in [6, 6.07) is 11.5. The zero-order chi connectivity index (χ0) is 17.3. The number of hydrogen-bond acceptors (Lipinski definition) is 2. The van der Waals surface area contributed by atoms with Crippen LogP contribution in [0, 0.1) is 0 Å². The Morgan fingerprint density at radius 3 is 2.88 bits per heavy atom. The minimum absolute atomic E-state index is 0.0970. The first kappa shape index (κ1) is 15.3. The molecular weight excluding hydrogens is 357 g/mol. The van der Waals surface area contributed by atoms with Crippen molar-refractivity contribution in [3.05, 3.63) is 63.3 Å². The number of nitrogens with one attached hydrogen (secondary N) is 3. The van der Waals surface area contributed by atoms with Gasteiger partial charge in [-0.1, -0.05) is 35.3 Å². The summed E-state index contributed by atoms with van der Waals surface area (Å²) in [6.07, 6.45) is 0.820. The molecule has 1 spiro atoms. The van der Waals surface area contributed by atoms with Crippen LogP contribution in [0.3, 0.4) is 0 Å². The Bertz CT molecular complexity index is 1060. The highest BCUT2D eigenvalue weighted by molar-refractivity contribution is 6.35. The van der Waals surface area contributed by atoms with Crippen molar-refractivity contribution < 1.29 is 4.79 Å². The molecule has 3 aromatic rings. The smallest absolute Gasteiger partial charge is 0.255 e. The Morgan fingerprint density at radius 1 is 1.20 bits per heavy atom. The SMILES string of the molecule is CC1Cc2c([nH]c3c(Cl)cccc23)C2(N1)C(=O)Nc1ccc(Cl)cc12. The van der Waals surface area contributed by atoms with Gasteiger partial charge in [-0.25, -0.2) is 0 Å². The number of para-hydroxylation sites is 1. The van der Waals surface area contributed by atoms with Crippen molar-refractivity contribution in [2.75, 3.05) is 5.32 Å². The first-order chi connectivity index (χ1) is 12.0. The van der Waals surface area contributed by atoms with Crippen LogP contribution < -0.4 is 10.6 Å². The number of carbonyl (C=O) groups excluding carboxylic acids is 1. The van der Waals surface area contributed by atoms with Gasteiger partial charge in [0.15, 0.2) is 5.54 Å². The second kappa shape index (κ2) is 5.01. The lowest BCUT2D eigenvalue weighted by molar-refractivity contribution is -0.121. The molecule has 25 heavy (non-hydrogen) atoms. The monoisotopic (exact) mass is 371 g/mol. The number of amides is 1. The Morgan fingerprint density at radius 2 is 2.04 bits per heavy atom. The van der Waals surface area contributed by atoms with E-state index in [-0.39, 0.29) is 11.9 Å². The maximum Gasteiger partial charge on any atom is 0.255 e. The third kappa shape index (κ3) is 1.90. The van der Waals surface area contributed by atoms with Crippen LogP contribution >= 0.6 is 23.2 Å². The van der Waals surface area contributed by atoms with Crippen LogP contribution in [-0.4, -0.2) is 16.9 Å². The standard InChI is InChI=1S/C19H15Cl2N3O/c1-9-7-12-11-3-2-4-14(21)16(11)23-17(12)19(24-9)13-8-10(20)5-6-15(13)22-18(19)25/h2-6,8-9,23-24H,7H2,1H3,(H,22,25). The van der Waals surface area contributed by atoms with E-state index in [0.717, 1.165) is 39.8 Å². The van der Waals surface area contributed by atoms with Crippen molar-refractivity contribution >= 4 is 45.7 Å². The summed E-state index contributed by atoms with van der Waals surface area (Å²) in [5.74, 6) is -0.0970. The van der Waals surface area contributed by atoms with Crippen LogP contribution in [0.2, 0.25) is 10.0 Å². The molecule has 5 rings (SSSR count). The molecule has 1 amide bonds. The molecule has 2 aliphatic rings. The molecule has 3 N–H and O–H groups in total. The topological polar surface area (TPSA) is 56.9 Å². The number of carbonyl (C=O) groups is 1. The lowest BCUT2D eigenvalue weighted by Crippen LogP contribution is -2.56. The predicted octanol–water partition coefficient (Wildman–Crippen LogP) is 4.20. The van der Waals surface area contributed by atoms with Gasteiger partial charge >= 0.3 is 0 Å². The summed E-state index contributed by atoms with van der Waals surface area (Å²) in [6.45, 7) is 2.09. The van der Waals surface area contributed by atoms with Gasteiger partial charge in [0.25, 0.3) is 5.91 Å². The number of H-pyrrole nitrogens is 1. The van der Waals surface area contributed by atoms with Crippen LogP contribution in [0.1, 0.15) is 23.7 Å². The van der Waals surface area contributed by atoms with E-state index in [1.165, 1.54) is 0 Å². The maximum atomic E-state index is 13.1. The number of anilines is 1. The van der Waals surface area contributed by atoms with E-state index in [2.05, 4.69) is 22.5 Å². The van der Waals surface area contributed by atoms with E-state index < -0.39 is 5.54 Å². The molecule has 4 nitrogen and oxygen atoms in total. The molecular formula is C19H15Cl2N3O. The average Bonchev–Trinajstić information content (AvgIpc) is 3.07. The molecule has 0 saturated heterocycles. The lowest BCUT2D eigenvalue weighted by Gasteiger charge is -2.37. The van der Waals surface area contributed by atoms with E-state index in [0.29, 0.717) is 10.0 Å². The van der Waals surface area contributed by atoms with Crippen molar-refractivity contribution in [2.24, 2.45) is 0 Å². The molecule has 2 unspecified atom stereocenters. The van der Waals surface area contributed by atoms with Crippen LogP contribution in [-0.2, 0) is 16.8 Å². The quantitative estimate of drug-likeness (QED) is 0.554. The minimum Gasteiger partial charge on any atom is -0.355 e. The van der Waals surface area contributed by atoms with E-state index in [1.807, 2.05) is 30.3 Å². The van der Waals surface area contributed by atoms with Crippen molar-refractivity contribution in [1.29, 1.82) is 0 Å². The molecule has 0 aliphatic carbocycles. The molecule has 126 valence electrons. The van der Waals surface area contributed by atoms with E-state index in [1.54, 1.807) is 6.07 Å². The fourth-order valence-corrected chi connectivity index (χ4v) is 4.63. The first-order valence-electron chi connectivity index (χ1n) is 8.19. The molecule has 0 bridgehead atoms. The van der Waals surface area contributed by atoms with Gasteiger partial charge < -0.3 is 10.3 Å². The molecule has 0 saturated carbocycles. The highest BCUT2D eigenvalue weighted by Gasteiger charge is 2.53. The van der Waals surface area contributed by atoms with Crippen LogP contribution in [0.5, 0.6) is 0 Å². The molecule has 0 fully saturated rings. The summed E-state index contributed by atoms with van der Waals surface area (Å²) >= 11 is 12.6. The molecule has 2 atom stereocenters. The number of hydrogen-bond donors (Lipinski definition) is 3. The number of halogens is 2.